The van der Waals surface area contributed by atoms with Gasteiger partial charge in [0.1, 0.15) is 23.8 Å². The van der Waals surface area contributed by atoms with Crippen LogP contribution in [0.2, 0.25) is 0 Å². The number of nitrogens with one attached hydrogen (secondary N) is 1. The zero-order valence-corrected chi connectivity index (χ0v) is 16.0. The third-order valence-corrected chi connectivity index (χ3v) is 5.08. The fourth-order valence-corrected chi connectivity index (χ4v) is 3.46. The maximum absolute atomic E-state index is 12.2. The second-order valence-electron chi connectivity index (χ2n) is 6.91. The summed E-state index contributed by atoms with van der Waals surface area (Å²) >= 11 is 0. The van der Waals surface area contributed by atoms with Gasteiger partial charge in [-0.05, 0) is 31.2 Å². The Kier molecular flexibility index (Phi) is 5.03. The number of hydrogen-bond acceptors (Lipinski definition) is 7. The highest BCUT2D eigenvalue weighted by Crippen LogP contribution is 2.36. The molecule has 1 aliphatic heterocycles. The largest absolute Gasteiger partial charge is 0.497 e. The van der Waals surface area contributed by atoms with Crippen molar-refractivity contribution in [1.29, 1.82) is 0 Å². The predicted octanol–water partition coefficient (Wildman–Crippen LogP) is 0.633. The van der Waals surface area contributed by atoms with Gasteiger partial charge >= 0.3 is 5.69 Å². The number of aryl methyl sites for hydroxylation is 1. The average Bonchev–Trinajstić information content (AvgIpc) is 3.37. The third-order valence-electron chi connectivity index (χ3n) is 5.08. The fourth-order valence-electron chi connectivity index (χ4n) is 3.46. The van der Waals surface area contributed by atoms with Crippen LogP contribution >= 0.6 is 0 Å². The number of aromatic amines is 1. The number of ether oxygens (including phenoxy) is 2. The molecule has 3 atom stereocenters. The lowest BCUT2D eigenvalue weighted by molar-refractivity contribution is -0.0323. The average molecular weight is 399 g/mol. The highest BCUT2D eigenvalue weighted by molar-refractivity contribution is 5.58. The summed E-state index contributed by atoms with van der Waals surface area (Å²) in [4.78, 5) is 26.1. The van der Waals surface area contributed by atoms with Gasteiger partial charge in [-0.1, -0.05) is 5.21 Å². The Labute approximate surface area is 165 Å². The molecule has 4 rings (SSSR count). The number of aromatic nitrogens is 5. The van der Waals surface area contributed by atoms with E-state index in [9.17, 15) is 14.7 Å². The number of methoxy groups -OCH3 is 1. The lowest BCUT2D eigenvalue weighted by Gasteiger charge is -2.15. The quantitative estimate of drug-likeness (QED) is 0.645. The van der Waals surface area contributed by atoms with Crippen molar-refractivity contribution >= 4 is 0 Å². The lowest BCUT2D eigenvalue weighted by Crippen LogP contribution is -2.33. The molecule has 2 aromatic heterocycles. The van der Waals surface area contributed by atoms with Crippen LogP contribution in [-0.4, -0.2) is 49.5 Å². The van der Waals surface area contributed by atoms with E-state index in [1.165, 1.54) is 10.8 Å². The number of aliphatic hydroxyl groups excluding tert-OH is 1. The Balaban J connectivity index is 1.60. The SMILES string of the molecule is COc1ccc(-c2cn([C@H]3CC(n4cc(C)c(=O)[nH]c4=O)O[C@@H]3CO)nn2)cc1. The molecule has 3 heterocycles. The van der Waals surface area contributed by atoms with Crippen molar-refractivity contribution in [3.05, 3.63) is 63.1 Å². The van der Waals surface area contributed by atoms with Gasteiger partial charge in [-0.2, -0.15) is 0 Å². The van der Waals surface area contributed by atoms with Crippen molar-refractivity contribution in [3.8, 4) is 17.0 Å². The predicted molar refractivity (Wildman–Crippen MR) is 103 cm³/mol. The van der Waals surface area contributed by atoms with Gasteiger partial charge in [0.2, 0.25) is 0 Å². The first-order chi connectivity index (χ1) is 14.0. The van der Waals surface area contributed by atoms with Gasteiger partial charge in [-0.25, -0.2) is 9.48 Å². The van der Waals surface area contributed by atoms with Gasteiger partial charge in [0, 0.05) is 23.7 Å². The summed E-state index contributed by atoms with van der Waals surface area (Å²) in [6, 6.07) is 7.12. The standard InChI is InChI=1S/C19H21N5O5/c1-11-8-23(19(27)20-18(11)26)17-7-15(16(10-25)29-17)24-9-14(21-22-24)12-3-5-13(28-2)6-4-12/h3-6,8-9,15-17,25H,7,10H2,1-2H3,(H,20,26,27)/t15-,16+,17?/m0/s1. The van der Waals surface area contributed by atoms with Crippen LogP contribution in [0.5, 0.6) is 5.75 Å². The number of rotatable bonds is 5. The molecule has 1 saturated heterocycles. The smallest absolute Gasteiger partial charge is 0.330 e. The molecule has 29 heavy (non-hydrogen) atoms. The topological polar surface area (TPSA) is 124 Å². The summed E-state index contributed by atoms with van der Waals surface area (Å²) in [6.45, 7) is 1.37. The molecule has 3 aromatic rings. The van der Waals surface area contributed by atoms with Crippen LogP contribution in [0.25, 0.3) is 11.3 Å². The first kappa shape index (κ1) is 19.1. The molecule has 0 saturated carbocycles. The molecule has 0 aliphatic carbocycles. The Morgan fingerprint density at radius 1 is 1.28 bits per heavy atom. The van der Waals surface area contributed by atoms with E-state index < -0.39 is 23.6 Å². The maximum Gasteiger partial charge on any atom is 0.330 e. The van der Waals surface area contributed by atoms with E-state index in [4.69, 9.17) is 9.47 Å². The molecule has 0 spiro atoms. The van der Waals surface area contributed by atoms with E-state index in [0.717, 1.165) is 11.3 Å². The van der Waals surface area contributed by atoms with Crippen molar-refractivity contribution in [1.82, 2.24) is 24.5 Å². The Morgan fingerprint density at radius 3 is 2.72 bits per heavy atom. The van der Waals surface area contributed by atoms with Gasteiger partial charge in [0.15, 0.2) is 0 Å². The summed E-state index contributed by atoms with van der Waals surface area (Å²) in [5.41, 5.74) is 0.963. The van der Waals surface area contributed by atoms with Gasteiger partial charge in [0.25, 0.3) is 5.56 Å². The normalized spacial score (nSPS) is 21.4. The zero-order valence-electron chi connectivity index (χ0n) is 16.0. The number of H-pyrrole nitrogens is 1. The number of benzene rings is 1. The van der Waals surface area contributed by atoms with E-state index in [-0.39, 0.29) is 12.6 Å². The molecular formula is C19H21N5O5. The van der Waals surface area contributed by atoms with Crippen LogP contribution in [0, 0.1) is 6.92 Å². The molecule has 0 amide bonds. The van der Waals surface area contributed by atoms with Crippen molar-refractivity contribution < 1.29 is 14.6 Å². The minimum absolute atomic E-state index is 0.240. The number of aliphatic hydroxyl groups is 1. The highest BCUT2D eigenvalue weighted by Gasteiger charge is 2.38. The van der Waals surface area contributed by atoms with E-state index in [2.05, 4.69) is 15.3 Å². The highest BCUT2D eigenvalue weighted by atomic mass is 16.5. The van der Waals surface area contributed by atoms with Crippen LogP contribution < -0.4 is 16.0 Å². The van der Waals surface area contributed by atoms with Crippen LogP contribution in [-0.2, 0) is 4.74 Å². The van der Waals surface area contributed by atoms with Gasteiger partial charge in [-0.3, -0.25) is 14.3 Å². The Morgan fingerprint density at radius 2 is 2.03 bits per heavy atom. The minimum atomic E-state index is -0.631. The lowest BCUT2D eigenvalue weighted by atomic mass is 10.1. The molecule has 0 bridgehead atoms. The van der Waals surface area contributed by atoms with E-state index in [0.29, 0.717) is 17.7 Å². The van der Waals surface area contributed by atoms with Crippen molar-refractivity contribution in [2.45, 2.75) is 31.7 Å². The van der Waals surface area contributed by atoms with Crippen LogP contribution in [0.15, 0.2) is 46.2 Å². The monoisotopic (exact) mass is 399 g/mol. The van der Waals surface area contributed by atoms with Gasteiger partial charge in [0.05, 0.1) is 26.0 Å². The Bertz CT molecular complexity index is 1120. The summed E-state index contributed by atoms with van der Waals surface area (Å²) in [5.74, 6) is 0.746. The van der Waals surface area contributed by atoms with Crippen molar-refractivity contribution in [2.24, 2.45) is 0 Å². The van der Waals surface area contributed by atoms with E-state index >= 15 is 0 Å². The molecule has 1 fully saturated rings. The first-order valence-corrected chi connectivity index (χ1v) is 9.15. The molecule has 2 N–H and O–H groups in total. The van der Waals surface area contributed by atoms with Gasteiger partial charge < -0.3 is 14.6 Å². The fraction of sp³-hybridized carbons (Fsp3) is 0.368. The number of nitrogens with zero attached hydrogens (tertiary/aromatic N) is 4. The second kappa shape index (κ2) is 7.64. The molecule has 0 radical (unpaired) electrons. The molecular weight excluding hydrogens is 378 g/mol. The minimum Gasteiger partial charge on any atom is -0.497 e. The molecule has 10 heteroatoms. The zero-order chi connectivity index (χ0) is 20.5. The van der Waals surface area contributed by atoms with Crippen molar-refractivity contribution in [2.75, 3.05) is 13.7 Å². The van der Waals surface area contributed by atoms with E-state index in [1.807, 2.05) is 24.3 Å². The summed E-state index contributed by atoms with van der Waals surface area (Å²) in [7, 11) is 1.60. The number of hydrogen-bond donors (Lipinski definition) is 2. The van der Waals surface area contributed by atoms with Crippen LogP contribution in [0.1, 0.15) is 24.3 Å². The molecule has 1 aliphatic rings. The third kappa shape index (κ3) is 3.59. The Hall–Kier alpha value is -3.24. The van der Waals surface area contributed by atoms with Crippen molar-refractivity contribution in [3.63, 3.8) is 0 Å². The molecule has 10 nitrogen and oxygen atoms in total. The van der Waals surface area contributed by atoms with Crippen LogP contribution in [0.3, 0.4) is 0 Å². The summed E-state index contributed by atoms with van der Waals surface area (Å²) in [6.07, 6.45) is 2.44. The molecule has 152 valence electrons. The van der Waals surface area contributed by atoms with Gasteiger partial charge in [-0.15, -0.1) is 5.10 Å². The summed E-state index contributed by atoms with van der Waals surface area (Å²) in [5, 5.41) is 18.2. The van der Waals surface area contributed by atoms with E-state index in [1.54, 1.807) is 24.9 Å². The maximum atomic E-state index is 12.2. The second-order valence-corrected chi connectivity index (χ2v) is 6.91. The molecule has 1 aromatic carbocycles. The first-order valence-electron chi connectivity index (χ1n) is 9.15. The van der Waals surface area contributed by atoms with Crippen LogP contribution in [0.4, 0.5) is 0 Å². The molecule has 1 unspecified atom stereocenters. The summed E-state index contributed by atoms with van der Waals surface area (Å²) < 4.78 is 14.0.